The van der Waals surface area contributed by atoms with Crippen LogP contribution in [0.15, 0.2) is 54.6 Å². The van der Waals surface area contributed by atoms with Crippen LogP contribution < -0.4 is 4.90 Å². The predicted octanol–water partition coefficient (Wildman–Crippen LogP) is 4.46. The Hall–Kier alpha value is -2.02. The standard InChI is InChI=1S/C18H19N/c1-2-6-16(7-3-1)8-9-17-10-12-18(13-11-17)19-14-4-5-15-19/h1-3,6-13H,4-5,14-15H2. The van der Waals surface area contributed by atoms with Crippen molar-refractivity contribution in [3.05, 3.63) is 65.7 Å². The largest absolute Gasteiger partial charge is 0.372 e. The van der Waals surface area contributed by atoms with Crippen molar-refractivity contribution in [2.45, 2.75) is 12.8 Å². The average Bonchev–Trinajstić information content (AvgIpc) is 3.01. The molecule has 2 aromatic carbocycles. The molecule has 1 aliphatic rings. The van der Waals surface area contributed by atoms with E-state index in [4.69, 9.17) is 0 Å². The van der Waals surface area contributed by atoms with Gasteiger partial charge in [0.25, 0.3) is 0 Å². The van der Waals surface area contributed by atoms with Crippen molar-refractivity contribution in [3.63, 3.8) is 0 Å². The number of hydrogen-bond acceptors (Lipinski definition) is 1. The lowest BCUT2D eigenvalue weighted by Gasteiger charge is -2.17. The minimum absolute atomic E-state index is 1.21. The first-order valence-electron chi connectivity index (χ1n) is 7.00. The summed E-state index contributed by atoms with van der Waals surface area (Å²) >= 11 is 0. The van der Waals surface area contributed by atoms with E-state index in [2.05, 4.69) is 65.6 Å². The molecule has 96 valence electrons. The molecule has 0 spiro atoms. The van der Waals surface area contributed by atoms with Crippen molar-refractivity contribution in [2.24, 2.45) is 0 Å². The summed E-state index contributed by atoms with van der Waals surface area (Å²) in [5.74, 6) is 0. The SMILES string of the molecule is C(=Cc1ccc(N2CCCC2)cc1)c1ccccc1. The van der Waals surface area contributed by atoms with E-state index >= 15 is 0 Å². The summed E-state index contributed by atoms with van der Waals surface area (Å²) in [4.78, 5) is 2.46. The topological polar surface area (TPSA) is 3.24 Å². The highest BCUT2D eigenvalue weighted by Gasteiger charge is 2.11. The Morgan fingerprint density at radius 3 is 1.89 bits per heavy atom. The van der Waals surface area contributed by atoms with Gasteiger partial charge in [0.2, 0.25) is 0 Å². The van der Waals surface area contributed by atoms with E-state index in [0.717, 1.165) is 0 Å². The first-order valence-corrected chi connectivity index (χ1v) is 7.00. The Kier molecular flexibility index (Phi) is 3.64. The van der Waals surface area contributed by atoms with Crippen LogP contribution in [-0.4, -0.2) is 13.1 Å². The Bertz CT molecular complexity index is 534. The first kappa shape index (κ1) is 12.0. The molecule has 1 heteroatoms. The molecule has 19 heavy (non-hydrogen) atoms. The summed E-state index contributed by atoms with van der Waals surface area (Å²) in [6.07, 6.45) is 6.99. The Labute approximate surface area is 115 Å². The molecular formula is C18H19N. The molecule has 0 N–H and O–H groups in total. The molecule has 1 fully saturated rings. The second kappa shape index (κ2) is 5.75. The summed E-state index contributed by atoms with van der Waals surface area (Å²) in [7, 11) is 0. The highest BCUT2D eigenvalue weighted by atomic mass is 15.1. The van der Waals surface area contributed by atoms with Gasteiger partial charge in [-0.25, -0.2) is 0 Å². The van der Waals surface area contributed by atoms with Crippen LogP contribution in [0.25, 0.3) is 12.2 Å². The molecular weight excluding hydrogens is 230 g/mol. The number of rotatable bonds is 3. The van der Waals surface area contributed by atoms with Crippen molar-refractivity contribution >= 4 is 17.8 Å². The fraction of sp³-hybridized carbons (Fsp3) is 0.222. The van der Waals surface area contributed by atoms with E-state index in [0.29, 0.717) is 0 Å². The van der Waals surface area contributed by atoms with Crippen LogP contribution in [0.3, 0.4) is 0 Å². The van der Waals surface area contributed by atoms with Crippen molar-refractivity contribution in [2.75, 3.05) is 18.0 Å². The van der Waals surface area contributed by atoms with Gasteiger partial charge in [0.15, 0.2) is 0 Å². The number of nitrogens with zero attached hydrogens (tertiary/aromatic N) is 1. The third-order valence-electron chi connectivity index (χ3n) is 3.63. The highest BCUT2D eigenvalue weighted by Crippen LogP contribution is 2.21. The zero-order valence-electron chi connectivity index (χ0n) is 11.1. The molecule has 1 aliphatic heterocycles. The molecule has 0 radical (unpaired) electrons. The predicted molar refractivity (Wildman–Crippen MR) is 83.3 cm³/mol. The summed E-state index contributed by atoms with van der Waals surface area (Å²) in [5.41, 5.74) is 3.85. The molecule has 1 saturated heterocycles. The Morgan fingerprint density at radius 2 is 1.26 bits per heavy atom. The zero-order valence-corrected chi connectivity index (χ0v) is 11.1. The van der Waals surface area contributed by atoms with E-state index in [1.54, 1.807) is 0 Å². The molecule has 0 bridgehead atoms. The molecule has 2 aromatic rings. The van der Waals surface area contributed by atoms with Crippen LogP contribution in [0, 0.1) is 0 Å². The quantitative estimate of drug-likeness (QED) is 0.726. The molecule has 0 aliphatic carbocycles. The van der Waals surface area contributed by atoms with Gasteiger partial charge in [0.05, 0.1) is 0 Å². The van der Waals surface area contributed by atoms with Crippen LogP contribution in [-0.2, 0) is 0 Å². The van der Waals surface area contributed by atoms with Crippen LogP contribution >= 0.6 is 0 Å². The van der Waals surface area contributed by atoms with Gasteiger partial charge >= 0.3 is 0 Å². The van der Waals surface area contributed by atoms with Gasteiger partial charge in [-0.3, -0.25) is 0 Å². The van der Waals surface area contributed by atoms with Gasteiger partial charge in [-0.15, -0.1) is 0 Å². The monoisotopic (exact) mass is 249 g/mol. The number of benzene rings is 2. The van der Waals surface area contributed by atoms with E-state index in [1.165, 1.54) is 42.7 Å². The number of hydrogen-bond donors (Lipinski definition) is 0. The van der Waals surface area contributed by atoms with Crippen molar-refractivity contribution in [1.29, 1.82) is 0 Å². The van der Waals surface area contributed by atoms with Crippen molar-refractivity contribution < 1.29 is 0 Å². The average molecular weight is 249 g/mol. The maximum absolute atomic E-state index is 2.46. The van der Waals surface area contributed by atoms with Crippen LogP contribution in [0.2, 0.25) is 0 Å². The Morgan fingerprint density at radius 1 is 0.684 bits per heavy atom. The summed E-state index contributed by atoms with van der Waals surface area (Å²) < 4.78 is 0. The zero-order chi connectivity index (χ0) is 12.9. The smallest absolute Gasteiger partial charge is 0.0366 e. The molecule has 0 aromatic heterocycles. The molecule has 0 amide bonds. The lowest BCUT2D eigenvalue weighted by atomic mass is 10.1. The minimum Gasteiger partial charge on any atom is -0.372 e. The molecule has 0 saturated carbocycles. The van der Waals surface area contributed by atoms with E-state index in [-0.39, 0.29) is 0 Å². The van der Waals surface area contributed by atoms with Gasteiger partial charge in [-0.2, -0.15) is 0 Å². The van der Waals surface area contributed by atoms with Gasteiger partial charge in [0, 0.05) is 18.8 Å². The fourth-order valence-electron chi connectivity index (χ4n) is 2.53. The fourth-order valence-corrected chi connectivity index (χ4v) is 2.53. The first-order chi connectivity index (χ1) is 9.42. The Balaban J connectivity index is 1.70. The van der Waals surface area contributed by atoms with Gasteiger partial charge in [0.1, 0.15) is 0 Å². The van der Waals surface area contributed by atoms with E-state index in [1.807, 2.05) is 6.07 Å². The highest BCUT2D eigenvalue weighted by molar-refractivity contribution is 5.70. The van der Waals surface area contributed by atoms with Crippen LogP contribution in [0.1, 0.15) is 24.0 Å². The molecule has 1 heterocycles. The second-order valence-corrected chi connectivity index (χ2v) is 5.03. The minimum atomic E-state index is 1.21. The lowest BCUT2D eigenvalue weighted by molar-refractivity contribution is 0.949. The summed E-state index contributed by atoms with van der Waals surface area (Å²) in [6, 6.07) is 19.3. The molecule has 1 nitrogen and oxygen atoms in total. The van der Waals surface area contributed by atoms with Crippen LogP contribution in [0.5, 0.6) is 0 Å². The molecule has 0 atom stereocenters. The molecule has 0 unspecified atom stereocenters. The summed E-state index contributed by atoms with van der Waals surface area (Å²) in [6.45, 7) is 2.42. The third-order valence-corrected chi connectivity index (χ3v) is 3.63. The van der Waals surface area contributed by atoms with Gasteiger partial charge < -0.3 is 4.90 Å². The van der Waals surface area contributed by atoms with Crippen molar-refractivity contribution in [3.8, 4) is 0 Å². The second-order valence-electron chi connectivity index (χ2n) is 5.03. The molecule has 3 rings (SSSR count). The lowest BCUT2D eigenvalue weighted by Crippen LogP contribution is -2.17. The van der Waals surface area contributed by atoms with E-state index < -0.39 is 0 Å². The van der Waals surface area contributed by atoms with Crippen LogP contribution in [0.4, 0.5) is 5.69 Å². The maximum atomic E-state index is 2.46. The van der Waals surface area contributed by atoms with Crippen molar-refractivity contribution in [1.82, 2.24) is 0 Å². The van der Waals surface area contributed by atoms with Gasteiger partial charge in [-0.1, -0.05) is 54.6 Å². The maximum Gasteiger partial charge on any atom is 0.0366 e. The van der Waals surface area contributed by atoms with Gasteiger partial charge in [-0.05, 0) is 36.1 Å². The number of anilines is 1. The third kappa shape index (κ3) is 3.05. The summed E-state index contributed by atoms with van der Waals surface area (Å²) in [5, 5.41) is 0. The normalized spacial score (nSPS) is 15.3. The van der Waals surface area contributed by atoms with E-state index in [9.17, 15) is 0 Å².